The Balaban J connectivity index is 2.88. The van der Waals surface area contributed by atoms with E-state index in [1.165, 1.54) is 13.8 Å². The van der Waals surface area contributed by atoms with Crippen LogP contribution in [-0.2, 0) is 9.59 Å². The maximum Gasteiger partial charge on any atom is 0.223 e. The number of carbonyl (C=O) groups excluding carboxylic acids is 2. The van der Waals surface area contributed by atoms with Crippen molar-refractivity contribution in [3.8, 4) is 0 Å². The highest BCUT2D eigenvalue weighted by Gasteiger charge is 2.14. The highest BCUT2D eigenvalue weighted by Crippen LogP contribution is 2.22. The van der Waals surface area contributed by atoms with E-state index < -0.39 is 0 Å². The summed E-state index contributed by atoms with van der Waals surface area (Å²) < 4.78 is 0. The van der Waals surface area contributed by atoms with Gasteiger partial charge in [-0.1, -0.05) is 12.1 Å². The van der Waals surface area contributed by atoms with Crippen LogP contribution in [-0.4, -0.2) is 24.9 Å². The third-order valence-corrected chi connectivity index (χ3v) is 2.96. The number of anilines is 1. The van der Waals surface area contributed by atoms with Crippen LogP contribution < -0.4 is 10.2 Å². The number of hydrogen-bond acceptors (Lipinski definition) is 2. The van der Waals surface area contributed by atoms with Crippen molar-refractivity contribution < 1.29 is 9.59 Å². The Morgan fingerprint density at radius 2 is 1.89 bits per heavy atom. The lowest BCUT2D eigenvalue weighted by Crippen LogP contribution is -2.37. The molecule has 1 rings (SSSR count). The Labute approximate surface area is 108 Å². The van der Waals surface area contributed by atoms with Gasteiger partial charge in [0.2, 0.25) is 11.8 Å². The van der Waals surface area contributed by atoms with Crippen LogP contribution in [0.5, 0.6) is 0 Å². The summed E-state index contributed by atoms with van der Waals surface area (Å²) in [6.45, 7) is 7.97. The molecule has 0 aliphatic heterocycles. The number of nitrogens with zero attached hydrogens (tertiary/aromatic N) is 1. The van der Waals surface area contributed by atoms with Crippen molar-refractivity contribution in [1.29, 1.82) is 0 Å². The van der Waals surface area contributed by atoms with Gasteiger partial charge in [-0.2, -0.15) is 0 Å². The summed E-state index contributed by atoms with van der Waals surface area (Å²) in [4.78, 5) is 24.2. The van der Waals surface area contributed by atoms with Crippen molar-refractivity contribution >= 4 is 17.5 Å². The topological polar surface area (TPSA) is 49.4 Å². The Morgan fingerprint density at radius 1 is 1.22 bits per heavy atom. The van der Waals surface area contributed by atoms with Crippen LogP contribution in [0.1, 0.15) is 25.0 Å². The van der Waals surface area contributed by atoms with E-state index in [1.54, 1.807) is 4.90 Å². The number of rotatable bonds is 4. The number of aryl methyl sites for hydroxylation is 1. The van der Waals surface area contributed by atoms with E-state index in [4.69, 9.17) is 0 Å². The molecule has 0 saturated heterocycles. The molecule has 1 aromatic carbocycles. The summed E-state index contributed by atoms with van der Waals surface area (Å²) in [6.07, 6.45) is 0. The lowest BCUT2D eigenvalue weighted by atomic mass is 10.1. The monoisotopic (exact) mass is 248 g/mol. The molecule has 1 N–H and O–H groups in total. The average molecular weight is 248 g/mol. The number of amides is 2. The zero-order chi connectivity index (χ0) is 13.7. The molecule has 0 aliphatic carbocycles. The summed E-state index contributed by atoms with van der Waals surface area (Å²) in [5.41, 5.74) is 3.15. The zero-order valence-corrected chi connectivity index (χ0v) is 11.4. The van der Waals surface area contributed by atoms with E-state index in [1.807, 2.05) is 32.0 Å². The predicted molar refractivity (Wildman–Crippen MR) is 72.6 cm³/mol. The smallest absolute Gasteiger partial charge is 0.223 e. The van der Waals surface area contributed by atoms with Crippen LogP contribution in [0.2, 0.25) is 0 Å². The molecule has 4 heteroatoms. The Morgan fingerprint density at radius 3 is 2.44 bits per heavy atom. The Hall–Kier alpha value is -1.84. The van der Waals surface area contributed by atoms with E-state index in [0.29, 0.717) is 13.1 Å². The minimum Gasteiger partial charge on any atom is -0.355 e. The van der Waals surface area contributed by atoms with Gasteiger partial charge in [-0.15, -0.1) is 0 Å². The first-order valence-electron chi connectivity index (χ1n) is 6.02. The van der Waals surface area contributed by atoms with Gasteiger partial charge in [-0.25, -0.2) is 0 Å². The Bertz CT molecular complexity index is 455. The second-order valence-electron chi connectivity index (χ2n) is 4.37. The second-order valence-corrected chi connectivity index (χ2v) is 4.37. The number of carbonyl (C=O) groups is 2. The fourth-order valence-electron chi connectivity index (χ4n) is 1.82. The van der Waals surface area contributed by atoms with Gasteiger partial charge in [0.25, 0.3) is 0 Å². The van der Waals surface area contributed by atoms with Crippen molar-refractivity contribution in [2.24, 2.45) is 0 Å². The third kappa shape index (κ3) is 3.58. The lowest BCUT2D eigenvalue weighted by molar-refractivity contribution is -0.119. The highest BCUT2D eigenvalue weighted by atomic mass is 16.2. The summed E-state index contributed by atoms with van der Waals surface area (Å²) in [5, 5.41) is 2.70. The summed E-state index contributed by atoms with van der Waals surface area (Å²) >= 11 is 0. The molecule has 4 nitrogen and oxygen atoms in total. The average Bonchev–Trinajstić information content (AvgIpc) is 2.28. The normalized spacial score (nSPS) is 10.0. The molecule has 2 amide bonds. The van der Waals surface area contributed by atoms with Gasteiger partial charge in [-0.3, -0.25) is 9.59 Å². The van der Waals surface area contributed by atoms with E-state index in [0.717, 1.165) is 16.8 Å². The van der Waals surface area contributed by atoms with Gasteiger partial charge in [0.15, 0.2) is 0 Å². The first-order valence-corrected chi connectivity index (χ1v) is 6.02. The molecule has 0 unspecified atom stereocenters. The van der Waals surface area contributed by atoms with Crippen LogP contribution in [0.3, 0.4) is 0 Å². The van der Waals surface area contributed by atoms with E-state index in [-0.39, 0.29) is 11.8 Å². The second kappa shape index (κ2) is 6.19. The minimum atomic E-state index is -0.0838. The van der Waals surface area contributed by atoms with E-state index >= 15 is 0 Å². The van der Waals surface area contributed by atoms with Gasteiger partial charge in [0.1, 0.15) is 0 Å². The zero-order valence-electron chi connectivity index (χ0n) is 11.4. The lowest BCUT2D eigenvalue weighted by Gasteiger charge is -2.24. The first-order chi connectivity index (χ1) is 8.43. The molecule has 1 aromatic rings. The fraction of sp³-hybridized carbons (Fsp3) is 0.429. The molecule has 0 radical (unpaired) electrons. The largest absolute Gasteiger partial charge is 0.355 e. The SMILES string of the molecule is CC(=O)NCCN(C(C)=O)c1cccc(C)c1C. The third-order valence-electron chi connectivity index (χ3n) is 2.96. The van der Waals surface area contributed by atoms with Gasteiger partial charge < -0.3 is 10.2 Å². The molecule has 0 bridgehead atoms. The highest BCUT2D eigenvalue weighted by molar-refractivity contribution is 5.92. The minimum absolute atomic E-state index is 0.0194. The van der Waals surface area contributed by atoms with Crippen molar-refractivity contribution in [2.75, 3.05) is 18.0 Å². The molecule has 98 valence electrons. The molecular formula is C14H20N2O2. The maximum absolute atomic E-state index is 11.7. The van der Waals surface area contributed by atoms with Crippen LogP contribution in [0.4, 0.5) is 5.69 Å². The maximum atomic E-state index is 11.7. The van der Waals surface area contributed by atoms with E-state index in [9.17, 15) is 9.59 Å². The van der Waals surface area contributed by atoms with Crippen molar-refractivity contribution in [1.82, 2.24) is 5.32 Å². The molecule has 0 saturated carbocycles. The summed E-state index contributed by atoms with van der Waals surface area (Å²) in [7, 11) is 0. The quantitative estimate of drug-likeness (QED) is 0.883. The van der Waals surface area contributed by atoms with Crippen molar-refractivity contribution in [2.45, 2.75) is 27.7 Å². The van der Waals surface area contributed by atoms with Crippen LogP contribution in [0.25, 0.3) is 0 Å². The van der Waals surface area contributed by atoms with Crippen LogP contribution in [0, 0.1) is 13.8 Å². The fourth-order valence-corrected chi connectivity index (χ4v) is 1.82. The molecule has 0 aromatic heterocycles. The summed E-state index contributed by atoms with van der Waals surface area (Å²) in [6, 6.07) is 5.88. The van der Waals surface area contributed by atoms with Crippen molar-refractivity contribution in [3.05, 3.63) is 29.3 Å². The molecule has 0 atom stereocenters. The number of hydrogen-bond donors (Lipinski definition) is 1. The molecule has 0 aliphatic rings. The standard InChI is InChI=1S/C14H20N2O2/c1-10-6-5-7-14(11(10)2)16(13(4)18)9-8-15-12(3)17/h5-7H,8-9H2,1-4H3,(H,15,17). The van der Waals surface area contributed by atoms with Crippen molar-refractivity contribution in [3.63, 3.8) is 0 Å². The van der Waals surface area contributed by atoms with Gasteiger partial charge in [0, 0.05) is 32.6 Å². The number of nitrogens with one attached hydrogen (secondary N) is 1. The van der Waals surface area contributed by atoms with E-state index in [2.05, 4.69) is 5.32 Å². The van der Waals surface area contributed by atoms with Crippen LogP contribution in [0.15, 0.2) is 18.2 Å². The predicted octanol–water partition coefficient (Wildman–Crippen LogP) is 1.79. The molecule has 0 fully saturated rings. The molecular weight excluding hydrogens is 228 g/mol. The molecule has 0 heterocycles. The summed E-state index contributed by atoms with van der Waals surface area (Å²) in [5.74, 6) is -0.103. The number of benzene rings is 1. The van der Waals surface area contributed by atoms with Gasteiger partial charge in [0.05, 0.1) is 0 Å². The molecule has 18 heavy (non-hydrogen) atoms. The first kappa shape index (κ1) is 14.2. The Kier molecular flexibility index (Phi) is 4.89. The van der Waals surface area contributed by atoms with Gasteiger partial charge >= 0.3 is 0 Å². The molecule has 0 spiro atoms. The van der Waals surface area contributed by atoms with Gasteiger partial charge in [-0.05, 0) is 31.0 Å². The van der Waals surface area contributed by atoms with Crippen LogP contribution >= 0.6 is 0 Å².